The lowest BCUT2D eigenvalue weighted by molar-refractivity contribution is 0.0179. The first-order chi connectivity index (χ1) is 15.5. The van der Waals surface area contributed by atoms with Gasteiger partial charge >= 0.3 is 6.09 Å². The summed E-state index contributed by atoms with van der Waals surface area (Å²) in [6.07, 6.45) is -3.47. The number of hydrogen-bond donors (Lipinski definition) is 4. The van der Waals surface area contributed by atoms with Crippen LogP contribution in [0.2, 0.25) is 0 Å². The number of carbonyl (C=O) groups excluding carboxylic acids is 1. The van der Waals surface area contributed by atoms with Gasteiger partial charge in [0.2, 0.25) is 0 Å². The number of amides is 1. The highest BCUT2D eigenvalue weighted by Gasteiger charge is 2.29. The fourth-order valence-electron chi connectivity index (χ4n) is 4.18. The molecule has 0 saturated carbocycles. The highest BCUT2D eigenvalue weighted by atomic mass is 19.1. The Morgan fingerprint density at radius 2 is 1.66 bits per heavy atom. The number of nitrogens with two attached hydrogens (primary N) is 1. The highest BCUT2D eigenvalue weighted by molar-refractivity contribution is 5.79. The van der Waals surface area contributed by atoms with Crippen molar-refractivity contribution < 1.29 is 24.1 Å². The molecule has 1 aliphatic rings. The van der Waals surface area contributed by atoms with E-state index >= 15 is 0 Å². The van der Waals surface area contributed by atoms with Gasteiger partial charge in [0.05, 0.1) is 0 Å². The number of carbonyl (C=O) groups is 1. The van der Waals surface area contributed by atoms with Gasteiger partial charge in [0.15, 0.2) is 0 Å². The molecule has 3 aromatic rings. The number of hydrogen-bond acceptors (Lipinski definition) is 5. The highest BCUT2D eigenvalue weighted by Crippen LogP contribution is 2.44. The van der Waals surface area contributed by atoms with E-state index in [4.69, 9.17) is 10.5 Å². The lowest BCUT2D eigenvalue weighted by Crippen LogP contribution is -2.36. The summed E-state index contributed by atoms with van der Waals surface area (Å²) in [5.41, 5.74) is 10.8. The van der Waals surface area contributed by atoms with Crippen LogP contribution in [0, 0.1) is 5.82 Å². The molecule has 0 aliphatic heterocycles. The zero-order valence-corrected chi connectivity index (χ0v) is 17.4. The molecule has 0 fully saturated rings. The monoisotopic (exact) mass is 436 g/mol. The summed E-state index contributed by atoms with van der Waals surface area (Å²) in [6, 6.07) is 19.8. The number of halogens is 1. The van der Waals surface area contributed by atoms with Crippen LogP contribution in [0.5, 0.6) is 0 Å². The Morgan fingerprint density at radius 1 is 1.03 bits per heavy atom. The second-order valence-electron chi connectivity index (χ2n) is 7.77. The van der Waals surface area contributed by atoms with Gasteiger partial charge in [0.25, 0.3) is 0 Å². The van der Waals surface area contributed by atoms with E-state index in [-0.39, 0.29) is 31.2 Å². The van der Waals surface area contributed by atoms with Gasteiger partial charge in [-0.1, -0.05) is 54.6 Å². The van der Waals surface area contributed by atoms with Crippen molar-refractivity contribution in [2.45, 2.75) is 24.7 Å². The van der Waals surface area contributed by atoms with Crippen LogP contribution in [0.3, 0.4) is 0 Å². The summed E-state index contributed by atoms with van der Waals surface area (Å²) in [4.78, 5) is 12.3. The van der Waals surface area contributed by atoms with Gasteiger partial charge in [-0.25, -0.2) is 9.18 Å². The second-order valence-corrected chi connectivity index (χ2v) is 7.77. The maximum absolute atomic E-state index is 13.6. The topological polar surface area (TPSA) is 105 Å². The lowest BCUT2D eigenvalue weighted by Gasteiger charge is -2.21. The summed E-state index contributed by atoms with van der Waals surface area (Å²) >= 11 is 0. The first-order valence-corrected chi connectivity index (χ1v) is 10.4. The molecule has 3 aromatic carbocycles. The Balaban J connectivity index is 1.36. The van der Waals surface area contributed by atoms with E-state index in [2.05, 4.69) is 5.32 Å². The predicted molar refractivity (Wildman–Crippen MR) is 118 cm³/mol. The van der Waals surface area contributed by atoms with E-state index in [9.17, 15) is 19.4 Å². The van der Waals surface area contributed by atoms with Crippen LogP contribution in [0.1, 0.15) is 34.3 Å². The number of ether oxygens (including phenoxy) is 1. The number of nitrogens with one attached hydrogen (secondary N) is 1. The Bertz CT molecular complexity index is 1080. The van der Waals surface area contributed by atoms with Crippen molar-refractivity contribution in [3.8, 4) is 11.1 Å². The van der Waals surface area contributed by atoms with Gasteiger partial charge < -0.3 is 26.0 Å². The molecular weight excluding hydrogens is 411 g/mol. The van der Waals surface area contributed by atoms with Crippen molar-refractivity contribution in [2.24, 2.45) is 5.73 Å². The van der Waals surface area contributed by atoms with E-state index < -0.39 is 24.1 Å². The maximum Gasteiger partial charge on any atom is 0.407 e. The minimum absolute atomic E-state index is 0.0805. The van der Waals surface area contributed by atoms with Crippen molar-refractivity contribution >= 4 is 6.09 Å². The molecule has 166 valence electrons. The molecule has 2 atom stereocenters. The predicted octanol–water partition coefficient (Wildman–Crippen LogP) is 3.22. The standard InChI is InChI=1S/C25H25FN2O4/c26-16-10-9-15(12-27)21(11-16)24(30)23(29)13-28-25(31)32-14-22-19-7-3-1-5-17(19)18-6-2-4-8-20(18)22/h1-11,22-24,29-30H,12-14,27H2,(H,28,31). The number of fused-ring (bicyclic) bond motifs is 3. The fraction of sp³-hybridized carbons (Fsp3) is 0.240. The molecule has 0 saturated heterocycles. The maximum atomic E-state index is 13.6. The third-order valence-corrected chi connectivity index (χ3v) is 5.81. The van der Waals surface area contributed by atoms with E-state index in [1.807, 2.05) is 48.5 Å². The molecule has 6 nitrogen and oxygen atoms in total. The Kier molecular flexibility index (Phi) is 6.50. The SMILES string of the molecule is NCc1ccc(F)cc1C(O)C(O)CNC(=O)OCC1c2ccccc2-c2ccccc21. The lowest BCUT2D eigenvalue weighted by atomic mass is 9.98. The second kappa shape index (κ2) is 9.48. The summed E-state index contributed by atoms with van der Waals surface area (Å²) in [5.74, 6) is -0.629. The van der Waals surface area contributed by atoms with Crippen molar-refractivity contribution in [1.29, 1.82) is 0 Å². The molecule has 0 radical (unpaired) electrons. The molecule has 5 N–H and O–H groups in total. The van der Waals surface area contributed by atoms with Gasteiger partial charge in [0, 0.05) is 19.0 Å². The molecule has 4 rings (SSSR count). The molecule has 0 aromatic heterocycles. The summed E-state index contributed by atoms with van der Waals surface area (Å²) in [5, 5.41) is 23.1. The molecule has 7 heteroatoms. The van der Waals surface area contributed by atoms with Crippen molar-refractivity contribution in [1.82, 2.24) is 5.32 Å². The average molecular weight is 436 g/mol. The van der Waals surface area contributed by atoms with Crippen LogP contribution in [0.25, 0.3) is 11.1 Å². The van der Waals surface area contributed by atoms with Crippen molar-refractivity contribution in [2.75, 3.05) is 13.2 Å². The van der Waals surface area contributed by atoms with Crippen LogP contribution in [0.4, 0.5) is 9.18 Å². The molecule has 0 bridgehead atoms. The smallest absolute Gasteiger partial charge is 0.407 e. The van der Waals surface area contributed by atoms with Crippen LogP contribution in [-0.2, 0) is 11.3 Å². The average Bonchev–Trinajstić information content (AvgIpc) is 3.14. The van der Waals surface area contributed by atoms with E-state index in [1.165, 1.54) is 12.1 Å². The number of aliphatic hydroxyl groups excluding tert-OH is 2. The van der Waals surface area contributed by atoms with E-state index in [0.717, 1.165) is 28.3 Å². The molecule has 1 aliphatic carbocycles. The normalized spacial score (nSPS) is 14.4. The number of aliphatic hydroxyl groups is 2. The molecule has 32 heavy (non-hydrogen) atoms. The van der Waals surface area contributed by atoms with E-state index in [0.29, 0.717) is 5.56 Å². The van der Waals surface area contributed by atoms with Gasteiger partial charge in [0.1, 0.15) is 24.6 Å². The quantitative estimate of drug-likeness (QED) is 0.455. The third kappa shape index (κ3) is 4.36. The molecule has 0 heterocycles. The van der Waals surface area contributed by atoms with Gasteiger partial charge in [-0.3, -0.25) is 0 Å². The van der Waals surface area contributed by atoms with E-state index in [1.54, 1.807) is 0 Å². The Morgan fingerprint density at radius 3 is 2.28 bits per heavy atom. The zero-order chi connectivity index (χ0) is 22.7. The number of benzene rings is 3. The first-order valence-electron chi connectivity index (χ1n) is 10.4. The van der Waals surface area contributed by atoms with Crippen LogP contribution in [0.15, 0.2) is 66.7 Å². The first kappa shape index (κ1) is 22.0. The van der Waals surface area contributed by atoms with Crippen LogP contribution < -0.4 is 11.1 Å². The summed E-state index contributed by atoms with van der Waals surface area (Å²) in [6.45, 7) is -0.0444. The van der Waals surface area contributed by atoms with Crippen molar-refractivity contribution in [3.63, 3.8) is 0 Å². The summed E-state index contributed by atoms with van der Waals surface area (Å²) in [7, 11) is 0. The van der Waals surface area contributed by atoms with Gasteiger partial charge in [-0.2, -0.15) is 0 Å². The third-order valence-electron chi connectivity index (χ3n) is 5.81. The minimum Gasteiger partial charge on any atom is -0.449 e. The largest absolute Gasteiger partial charge is 0.449 e. The van der Waals surface area contributed by atoms with Crippen LogP contribution in [-0.4, -0.2) is 35.6 Å². The number of alkyl carbamates (subject to hydrolysis) is 1. The van der Waals surface area contributed by atoms with Gasteiger partial charge in [-0.15, -0.1) is 0 Å². The summed E-state index contributed by atoms with van der Waals surface area (Å²) < 4.78 is 19.0. The number of rotatable bonds is 7. The van der Waals surface area contributed by atoms with Crippen LogP contribution >= 0.6 is 0 Å². The van der Waals surface area contributed by atoms with Crippen molar-refractivity contribution in [3.05, 3.63) is 94.8 Å². The molecule has 0 spiro atoms. The Hall–Kier alpha value is -3.26. The zero-order valence-electron chi connectivity index (χ0n) is 17.4. The van der Waals surface area contributed by atoms with Gasteiger partial charge in [-0.05, 0) is 45.5 Å². The minimum atomic E-state index is -1.40. The molecule has 1 amide bonds. The fourth-order valence-corrected chi connectivity index (χ4v) is 4.18. The molecule has 2 unspecified atom stereocenters. The Labute approximate surface area is 185 Å². The molecular formula is C25H25FN2O4.